The molecule has 31 heavy (non-hydrogen) atoms. The molecule has 0 spiro atoms. The monoisotopic (exact) mass is 436 g/mol. The Labute approximate surface area is 183 Å². The number of carboxylic acids is 1. The Morgan fingerprint density at radius 3 is 2.58 bits per heavy atom. The molecule has 0 atom stereocenters. The van der Waals surface area contributed by atoms with E-state index in [0.29, 0.717) is 23.3 Å². The third-order valence-corrected chi connectivity index (χ3v) is 6.18. The van der Waals surface area contributed by atoms with E-state index in [0.717, 1.165) is 28.4 Å². The van der Waals surface area contributed by atoms with Crippen molar-refractivity contribution in [2.45, 2.75) is 13.0 Å². The van der Waals surface area contributed by atoms with Gasteiger partial charge in [-0.2, -0.15) is 0 Å². The highest BCUT2D eigenvalue weighted by atomic mass is 32.1. The van der Waals surface area contributed by atoms with Gasteiger partial charge in [0.05, 0.1) is 22.9 Å². The standard InChI is InChI=1S/C24H21FN2O3S/c1-30-21-8-3-2-5-17(21)13-14-27(15-16-9-11-18(12-10-16)23(28)29)24-26-20-7-4-6-19(25)22(20)31-24/h2-12H,13-15H2,1H3,(H,28,29). The first kappa shape index (κ1) is 20.8. The Hall–Kier alpha value is -3.45. The molecule has 0 bridgehead atoms. The number of nitrogens with zero attached hydrogens (tertiary/aromatic N) is 2. The van der Waals surface area contributed by atoms with Gasteiger partial charge in [-0.15, -0.1) is 0 Å². The van der Waals surface area contributed by atoms with Crippen molar-refractivity contribution in [3.05, 3.63) is 89.2 Å². The Kier molecular flexibility index (Phi) is 6.13. The van der Waals surface area contributed by atoms with Crippen LogP contribution in [-0.4, -0.2) is 29.7 Å². The quantitative estimate of drug-likeness (QED) is 0.401. The number of halogens is 1. The number of ether oxygens (including phenoxy) is 1. The summed E-state index contributed by atoms with van der Waals surface area (Å²) >= 11 is 1.32. The number of thiazole rings is 1. The van der Waals surface area contributed by atoms with Crippen LogP contribution in [0, 0.1) is 5.82 Å². The highest BCUT2D eigenvalue weighted by Gasteiger charge is 2.16. The second-order valence-corrected chi connectivity index (χ2v) is 8.05. The van der Waals surface area contributed by atoms with Gasteiger partial charge in [0.1, 0.15) is 11.6 Å². The first-order chi connectivity index (χ1) is 15.0. The number of carbonyl (C=O) groups is 1. The summed E-state index contributed by atoms with van der Waals surface area (Å²) in [5.74, 6) is -0.415. The SMILES string of the molecule is COc1ccccc1CCN(Cc1ccc(C(=O)O)cc1)c1nc2cccc(F)c2s1. The van der Waals surface area contributed by atoms with Crippen LogP contribution in [0.3, 0.4) is 0 Å². The molecule has 1 heterocycles. The molecule has 0 amide bonds. The first-order valence-electron chi connectivity index (χ1n) is 9.79. The molecule has 0 radical (unpaired) electrons. The molecule has 7 heteroatoms. The Balaban J connectivity index is 1.63. The van der Waals surface area contributed by atoms with Crippen molar-refractivity contribution in [1.82, 2.24) is 4.98 Å². The summed E-state index contributed by atoms with van der Waals surface area (Å²) in [6, 6.07) is 19.5. The topological polar surface area (TPSA) is 62.7 Å². The molecule has 0 aliphatic carbocycles. The summed E-state index contributed by atoms with van der Waals surface area (Å²) in [5, 5.41) is 9.86. The second-order valence-electron chi connectivity index (χ2n) is 7.07. The van der Waals surface area contributed by atoms with Crippen LogP contribution >= 0.6 is 11.3 Å². The maximum Gasteiger partial charge on any atom is 0.335 e. The zero-order valence-corrected chi connectivity index (χ0v) is 17.7. The van der Waals surface area contributed by atoms with Crippen LogP contribution in [0.15, 0.2) is 66.7 Å². The first-order valence-corrected chi connectivity index (χ1v) is 10.6. The minimum absolute atomic E-state index is 0.242. The van der Waals surface area contributed by atoms with E-state index in [1.54, 1.807) is 43.5 Å². The molecule has 0 aliphatic rings. The molecular formula is C24H21FN2O3S. The van der Waals surface area contributed by atoms with E-state index in [4.69, 9.17) is 9.84 Å². The second kappa shape index (κ2) is 9.14. The van der Waals surface area contributed by atoms with Crippen molar-refractivity contribution in [2.75, 3.05) is 18.6 Å². The molecule has 5 nitrogen and oxygen atoms in total. The fourth-order valence-electron chi connectivity index (χ4n) is 3.42. The van der Waals surface area contributed by atoms with Crippen LogP contribution < -0.4 is 9.64 Å². The van der Waals surface area contributed by atoms with E-state index in [1.807, 2.05) is 24.3 Å². The van der Waals surface area contributed by atoms with Crippen LogP contribution in [0.4, 0.5) is 9.52 Å². The van der Waals surface area contributed by atoms with E-state index < -0.39 is 5.97 Å². The number of aromatic nitrogens is 1. The highest BCUT2D eigenvalue weighted by Crippen LogP contribution is 2.32. The summed E-state index contributed by atoms with van der Waals surface area (Å²) in [5.41, 5.74) is 2.89. The molecule has 3 aromatic carbocycles. The molecule has 4 aromatic rings. The summed E-state index contributed by atoms with van der Waals surface area (Å²) in [6.07, 6.45) is 0.718. The summed E-state index contributed by atoms with van der Waals surface area (Å²) < 4.78 is 20.2. The summed E-state index contributed by atoms with van der Waals surface area (Å²) in [6.45, 7) is 1.17. The average molecular weight is 437 g/mol. The van der Waals surface area contributed by atoms with Gasteiger partial charge in [0.25, 0.3) is 0 Å². The number of hydrogen-bond donors (Lipinski definition) is 1. The molecule has 0 saturated carbocycles. The molecule has 0 unspecified atom stereocenters. The van der Waals surface area contributed by atoms with Crippen LogP contribution in [0.2, 0.25) is 0 Å². The maximum atomic E-state index is 14.2. The number of fused-ring (bicyclic) bond motifs is 1. The van der Waals surface area contributed by atoms with Crippen molar-refractivity contribution < 1.29 is 19.0 Å². The molecular weight excluding hydrogens is 415 g/mol. The van der Waals surface area contributed by atoms with E-state index in [-0.39, 0.29) is 11.4 Å². The number of aromatic carboxylic acids is 1. The number of para-hydroxylation sites is 1. The zero-order chi connectivity index (χ0) is 21.8. The van der Waals surface area contributed by atoms with Crippen LogP contribution in [0.25, 0.3) is 10.2 Å². The van der Waals surface area contributed by atoms with Crippen LogP contribution in [0.5, 0.6) is 5.75 Å². The lowest BCUT2D eigenvalue weighted by atomic mass is 10.1. The summed E-state index contributed by atoms with van der Waals surface area (Å²) in [7, 11) is 1.65. The van der Waals surface area contributed by atoms with Gasteiger partial charge in [0.2, 0.25) is 0 Å². The number of hydrogen-bond acceptors (Lipinski definition) is 5. The predicted molar refractivity (Wildman–Crippen MR) is 121 cm³/mol. The lowest BCUT2D eigenvalue weighted by molar-refractivity contribution is 0.0697. The van der Waals surface area contributed by atoms with Gasteiger partial charge >= 0.3 is 5.97 Å². The minimum Gasteiger partial charge on any atom is -0.496 e. The van der Waals surface area contributed by atoms with Gasteiger partial charge in [0.15, 0.2) is 5.13 Å². The van der Waals surface area contributed by atoms with Gasteiger partial charge in [-0.05, 0) is 47.9 Å². The van der Waals surface area contributed by atoms with Crippen molar-refractivity contribution in [1.29, 1.82) is 0 Å². The summed E-state index contributed by atoms with van der Waals surface area (Å²) in [4.78, 5) is 17.9. The maximum absolute atomic E-state index is 14.2. The van der Waals surface area contributed by atoms with Gasteiger partial charge in [0, 0.05) is 13.1 Å². The van der Waals surface area contributed by atoms with Crippen molar-refractivity contribution in [3.8, 4) is 5.75 Å². The number of methoxy groups -OCH3 is 1. The molecule has 4 rings (SSSR count). The van der Waals surface area contributed by atoms with Crippen molar-refractivity contribution >= 4 is 32.7 Å². The highest BCUT2D eigenvalue weighted by molar-refractivity contribution is 7.22. The van der Waals surface area contributed by atoms with Gasteiger partial charge < -0.3 is 14.7 Å². The van der Waals surface area contributed by atoms with Crippen LogP contribution in [-0.2, 0) is 13.0 Å². The predicted octanol–water partition coefficient (Wildman–Crippen LogP) is 5.39. The van der Waals surface area contributed by atoms with E-state index in [1.165, 1.54) is 17.4 Å². The lowest BCUT2D eigenvalue weighted by Gasteiger charge is -2.22. The van der Waals surface area contributed by atoms with Gasteiger partial charge in [-0.3, -0.25) is 0 Å². The van der Waals surface area contributed by atoms with E-state index in [2.05, 4.69) is 9.88 Å². The van der Waals surface area contributed by atoms with Crippen molar-refractivity contribution in [3.63, 3.8) is 0 Å². The molecule has 1 aromatic heterocycles. The number of rotatable bonds is 8. The lowest BCUT2D eigenvalue weighted by Crippen LogP contribution is -2.25. The number of carboxylic acid groups (broad SMARTS) is 1. The fourth-order valence-corrected chi connectivity index (χ4v) is 4.41. The molecule has 158 valence electrons. The minimum atomic E-state index is -0.957. The smallest absolute Gasteiger partial charge is 0.335 e. The third-order valence-electron chi connectivity index (χ3n) is 5.04. The number of anilines is 1. The molecule has 0 aliphatic heterocycles. The molecule has 0 fully saturated rings. The molecule has 1 N–H and O–H groups in total. The third kappa shape index (κ3) is 4.67. The number of benzene rings is 3. The van der Waals surface area contributed by atoms with Crippen molar-refractivity contribution in [2.24, 2.45) is 0 Å². The zero-order valence-electron chi connectivity index (χ0n) is 16.9. The molecule has 0 saturated heterocycles. The van der Waals surface area contributed by atoms with E-state index in [9.17, 15) is 9.18 Å². The Morgan fingerprint density at radius 1 is 1.10 bits per heavy atom. The largest absolute Gasteiger partial charge is 0.496 e. The van der Waals surface area contributed by atoms with Gasteiger partial charge in [-0.25, -0.2) is 14.2 Å². The van der Waals surface area contributed by atoms with Gasteiger partial charge in [-0.1, -0.05) is 47.7 Å². The van der Waals surface area contributed by atoms with Crippen LogP contribution in [0.1, 0.15) is 21.5 Å². The Morgan fingerprint density at radius 2 is 1.87 bits per heavy atom. The average Bonchev–Trinajstić information content (AvgIpc) is 3.23. The fraction of sp³-hybridized carbons (Fsp3) is 0.167. The van der Waals surface area contributed by atoms with E-state index >= 15 is 0 Å². The Bertz CT molecular complexity index is 1210. The normalized spacial score (nSPS) is 10.9.